The first-order valence-corrected chi connectivity index (χ1v) is 10.7. The molecule has 0 spiro atoms. The molecule has 5 N–H and O–H groups in total. The first-order valence-electron chi connectivity index (χ1n) is 10.7. The topological polar surface area (TPSA) is 157 Å². The van der Waals surface area contributed by atoms with E-state index in [2.05, 4.69) is 4.98 Å². The fourth-order valence-electron chi connectivity index (χ4n) is 3.85. The molecule has 0 atom stereocenters. The highest BCUT2D eigenvalue weighted by Crippen LogP contribution is 2.35. The quantitative estimate of drug-likeness (QED) is 0.521. The lowest BCUT2D eigenvalue weighted by Crippen LogP contribution is -2.44. The second kappa shape index (κ2) is 10.2. The largest absolute Gasteiger partial charge is 0.490 e. The molecule has 0 unspecified atom stereocenters. The summed E-state index contributed by atoms with van der Waals surface area (Å²) in [5, 5.41) is 9.98. The Morgan fingerprint density at radius 3 is 2.34 bits per heavy atom. The highest BCUT2D eigenvalue weighted by Gasteiger charge is 2.26. The Hall–Kier alpha value is -3.50. The Balaban J connectivity index is 1.75. The number of primary amides is 1. The monoisotopic (exact) mass is 446 g/mol. The van der Waals surface area contributed by atoms with Gasteiger partial charge in [-0.05, 0) is 38.7 Å². The molecule has 2 heterocycles. The van der Waals surface area contributed by atoms with Crippen LogP contribution in [0.5, 0.6) is 11.5 Å². The van der Waals surface area contributed by atoms with Gasteiger partial charge in [-0.3, -0.25) is 9.69 Å². The van der Waals surface area contributed by atoms with E-state index in [0.29, 0.717) is 60.5 Å². The molecule has 11 nitrogen and oxygen atoms in total. The van der Waals surface area contributed by atoms with Gasteiger partial charge in [-0.1, -0.05) is 0 Å². The number of rotatable bonds is 9. The second-order valence-corrected chi connectivity index (χ2v) is 7.65. The minimum absolute atomic E-state index is 0.123. The van der Waals surface area contributed by atoms with Crippen LogP contribution in [0, 0.1) is 5.92 Å². The summed E-state index contributed by atoms with van der Waals surface area (Å²) in [5.41, 5.74) is 12.1. The SMILES string of the molecule is CCOc1cc2nc(N3CCC(CN(CC(N)=O)C(=O)O)CC3)nc(N)c2cc1OCC. The summed E-state index contributed by atoms with van der Waals surface area (Å²) in [6.07, 6.45) is 0.322. The van der Waals surface area contributed by atoms with Crippen LogP contribution in [0.4, 0.5) is 16.6 Å². The average Bonchev–Trinajstić information content (AvgIpc) is 2.74. The highest BCUT2D eigenvalue weighted by atomic mass is 16.5. The minimum atomic E-state index is -1.15. The van der Waals surface area contributed by atoms with E-state index in [0.717, 1.165) is 17.7 Å². The van der Waals surface area contributed by atoms with Gasteiger partial charge in [0.25, 0.3) is 0 Å². The Morgan fingerprint density at radius 2 is 1.78 bits per heavy atom. The fraction of sp³-hybridized carbons (Fsp3) is 0.524. The van der Waals surface area contributed by atoms with Crippen LogP contribution in [0.3, 0.4) is 0 Å². The molecule has 174 valence electrons. The average molecular weight is 447 g/mol. The molecular weight excluding hydrogens is 416 g/mol. The van der Waals surface area contributed by atoms with E-state index in [-0.39, 0.29) is 19.0 Å². The molecule has 32 heavy (non-hydrogen) atoms. The maximum atomic E-state index is 11.4. The molecular formula is C21H30N6O5. The van der Waals surface area contributed by atoms with Crippen LogP contribution < -0.4 is 25.8 Å². The van der Waals surface area contributed by atoms with Gasteiger partial charge in [-0.2, -0.15) is 4.98 Å². The number of carbonyl (C=O) groups is 2. The van der Waals surface area contributed by atoms with Crippen LogP contribution in [-0.2, 0) is 4.79 Å². The number of benzene rings is 1. The van der Waals surface area contributed by atoms with Gasteiger partial charge in [0.2, 0.25) is 11.9 Å². The molecule has 2 aromatic rings. The lowest BCUT2D eigenvalue weighted by Gasteiger charge is -2.34. The lowest BCUT2D eigenvalue weighted by molar-refractivity contribution is -0.119. The maximum absolute atomic E-state index is 11.4. The Kier molecular flexibility index (Phi) is 7.39. The zero-order valence-corrected chi connectivity index (χ0v) is 18.4. The van der Waals surface area contributed by atoms with E-state index >= 15 is 0 Å². The van der Waals surface area contributed by atoms with Crippen LogP contribution in [0.2, 0.25) is 0 Å². The number of hydrogen-bond donors (Lipinski definition) is 3. The van der Waals surface area contributed by atoms with Gasteiger partial charge < -0.3 is 30.9 Å². The van der Waals surface area contributed by atoms with Crippen molar-refractivity contribution in [3.05, 3.63) is 12.1 Å². The number of fused-ring (bicyclic) bond motifs is 1. The third kappa shape index (κ3) is 5.40. The minimum Gasteiger partial charge on any atom is -0.490 e. The molecule has 1 aliphatic rings. The van der Waals surface area contributed by atoms with Gasteiger partial charge >= 0.3 is 6.09 Å². The van der Waals surface area contributed by atoms with E-state index in [9.17, 15) is 14.7 Å². The van der Waals surface area contributed by atoms with Crippen molar-refractivity contribution < 1.29 is 24.2 Å². The third-order valence-corrected chi connectivity index (χ3v) is 5.37. The number of aromatic nitrogens is 2. The summed E-state index contributed by atoms with van der Waals surface area (Å²) < 4.78 is 11.4. The van der Waals surface area contributed by atoms with Crippen molar-refractivity contribution in [3.63, 3.8) is 0 Å². The molecule has 1 saturated heterocycles. The van der Waals surface area contributed by atoms with E-state index in [1.807, 2.05) is 24.8 Å². The lowest BCUT2D eigenvalue weighted by atomic mass is 9.96. The zero-order chi connectivity index (χ0) is 23.3. The normalized spacial score (nSPS) is 14.4. The number of piperidine rings is 1. The van der Waals surface area contributed by atoms with Gasteiger partial charge in [0.05, 0.1) is 18.7 Å². The van der Waals surface area contributed by atoms with Crippen molar-refractivity contribution in [3.8, 4) is 11.5 Å². The number of nitrogens with two attached hydrogens (primary N) is 2. The fourth-order valence-corrected chi connectivity index (χ4v) is 3.85. The van der Waals surface area contributed by atoms with E-state index < -0.39 is 12.0 Å². The first kappa shape index (κ1) is 23.2. The van der Waals surface area contributed by atoms with Crippen LogP contribution >= 0.6 is 0 Å². The molecule has 0 radical (unpaired) electrons. The summed E-state index contributed by atoms with van der Waals surface area (Å²) in [6.45, 7) is 6.06. The predicted octanol–water partition coefficient (Wildman–Crippen LogP) is 1.69. The smallest absolute Gasteiger partial charge is 0.407 e. The molecule has 0 aliphatic carbocycles. The van der Waals surface area contributed by atoms with Crippen molar-refractivity contribution >= 4 is 34.7 Å². The van der Waals surface area contributed by atoms with E-state index in [4.69, 9.17) is 25.9 Å². The molecule has 11 heteroatoms. The number of carboxylic acid groups (broad SMARTS) is 1. The second-order valence-electron chi connectivity index (χ2n) is 7.65. The van der Waals surface area contributed by atoms with Gasteiger partial charge in [0, 0.05) is 31.1 Å². The standard InChI is InChI=1S/C21H30N6O5/c1-3-31-16-9-14-15(10-17(16)32-4-2)24-20(25-19(14)23)26-7-5-13(6-8-26)11-27(21(29)30)12-18(22)28/h9-10,13H,3-8,11-12H2,1-2H3,(H2,22,28)(H,29,30)(H2,23,24,25). The molecule has 1 aromatic heterocycles. The number of nitrogens with zero attached hydrogens (tertiary/aromatic N) is 4. The van der Waals surface area contributed by atoms with Crippen LogP contribution in [0.25, 0.3) is 10.9 Å². The van der Waals surface area contributed by atoms with Crippen molar-refractivity contribution in [2.24, 2.45) is 11.7 Å². The molecule has 1 fully saturated rings. The van der Waals surface area contributed by atoms with E-state index in [1.165, 1.54) is 0 Å². The summed E-state index contributed by atoms with van der Waals surface area (Å²) in [5.74, 6) is 1.54. The van der Waals surface area contributed by atoms with Crippen LogP contribution in [-0.4, -0.2) is 71.4 Å². The third-order valence-electron chi connectivity index (χ3n) is 5.37. The van der Waals surface area contributed by atoms with Crippen LogP contribution in [0.15, 0.2) is 12.1 Å². The summed E-state index contributed by atoms with van der Waals surface area (Å²) in [4.78, 5) is 34.7. The number of ether oxygens (including phenoxy) is 2. The summed E-state index contributed by atoms with van der Waals surface area (Å²) in [6, 6.07) is 3.61. The summed E-state index contributed by atoms with van der Waals surface area (Å²) in [7, 11) is 0. The van der Waals surface area contributed by atoms with Crippen molar-refractivity contribution in [1.29, 1.82) is 0 Å². The van der Waals surface area contributed by atoms with Gasteiger partial charge in [0.1, 0.15) is 12.4 Å². The molecule has 3 rings (SSSR count). The van der Waals surface area contributed by atoms with Crippen LogP contribution in [0.1, 0.15) is 26.7 Å². The summed E-state index contributed by atoms with van der Waals surface area (Å²) >= 11 is 0. The highest BCUT2D eigenvalue weighted by molar-refractivity contribution is 5.91. The molecule has 2 amide bonds. The Bertz CT molecular complexity index is 977. The van der Waals surface area contributed by atoms with Crippen molar-refractivity contribution in [2.75, 3.05) is 50.0 Å². The van der Waals surface area contributed by atoms with Crippen molar-refractivity contribution in [2.45, 2.75) is 26.7 Å². The number of nitrogen functional groups attached to an aromatic ring is 1. The number of hydrogen-bond acceptors (Lipinski definition) is 8. The number of anilines is 2. The van der Waals surface area contributed by atoms with Gasteiger partial charge in [-0.15, -0.1) is 0 Å². The molecule has 0 saturated carbocycles. The van der Waals surface area contributed by atoms with Gasteiger partial charge in [-0.25, -0.2) is 9.78 Å². The first-order chi connectivity index (χ1) is 15.3. The number of carbonyl (C=O) groups excluding carboxylic acids is 1. The number of amides is 2. The molecule has 1 aromatic carbocycles. The predicted molar refractivity (Wildman–Crippen MR) is 120 cm³/mol. The van der Waals surface area contributed by atoms with E-state index in [1.54, 1.807) is 6.07 Å². The van der Waals surface area contributed by atoms with Crippen molar-refractivity contribution in [1.82, 2.24) is 14.9 Å². The van der Waals surface area contributed by atoms with Gasteiger partial charge in [0.15, 0.2) is 11.5 Å². The Labute approximate surface area is 186 Å². The zero-order valence-electron chi connectivity index (χ0n) is 18.4. The molecule has 0 bridgehead atoms. The Morgan fingerprint density at radius 1 is 1.16 bits per heavy atom. The molecule has 1 aliphatic heterocycles. The maximum Gasteiger partial charge on any atom is 0.407 e.